The van der Waals surface area contributed by atoms with Crippen LogP contribution in [0.5, 0.6) is 11.5 Å². The fourth-order valence-corrected chi connectivity index (χ4v) is 2.71. The first-order valence-electron chi connectivity index (χ1n) is 8.36. The van der Waals surface area contributed by atoms with Gasteiger partial charge in [-0.3, -0.25) is 9.59 Å². The third-order valence-electron chi connectivity index (χ3n) is 4.10. The van der Waals surface area contributed by atoms with E-state index in [1.807, 2.05) is 6.07 Å². The van der Waals surface area contributed by atoms with Crippen molar-refractivity contribution in [2.75, 3.05) is 19.5 Å². The van der Waals surface area contributed by atoms with Gasteiger partial charge in [0.15, 0.2) is 17.3 Å². The molecule has 0 bridgehead atoms. The van der Waals surface area contributed by atoms with Crippen LogP contribution in [-0.4, -0.2) is 25.9 Å². The second-order valence-electron chi connectivity index (χ2n) is 5.76. The van der Waals surface area contributed by atoms with Crippen molar-refractivity contribution in [2.45, 2.75) is 0 Å². The average Bonchev–Trinajstić information content (AvgIpc) is 2.73. The van der Waals surface area contributed by atoms with Gasteiger partial charge in [-0.05, 0) is 30.3 Å². The van der Waals surface area contributed by atoms with E-state index in [9.17, 15) is 9.59 Å². The maximum Gasteiger partial charge on any atom is 0.255 e. The standard InChI is InChI=1S/C22H19NO4/c1-26-19-13-12-16(14-20(19)27-2)22(25)23-18-11-7-6-10-17(18)21(24)15-8-4-3-5-9-15/h3-14H,1-2H3,(H,23,25). The number of carbonyl (C=O) groups excluding carboxylic acids is 2. The third kappa shape index (κ3) is 3.98. The van der Waals surface area contributed by atoms with E-state index in [0.717, 1.165) is 0 Å². The van der Waals surface area contributed by atoms with E-state index < -0.39 is 0 Å². The number of carbonyl (C=O) groups is 2. The van der Waals surface area contributed by atoms with Crippen LogP contribution in [0.15, 0.2) is 72.8 Å². The molecule has 0 heterocycles. The van der Waals surface area contributed by atoms with Crippen molar-refractivity contribution in [1.82, 2.24) is 0 Å². The van der Waals surface area contributed by atoms with Crippen LogP contribution in [0.2, 0.25) is 0 Å². The van der Waals surface area contributed by atoms with Gasteiger partial charge >= 0.3 is 0 Å². The predicted molar refractivity (Wildman–Crippen MR) is 104 cm³/mol. The lowest BCUT2D eigenvalue weighted by molar-refractivity contribution is 0.102. The van der Waals surface area contributed by atoms with Crippen LogP contribution < -0.4 is 14.8 Å². The largest absolute Gasteiger partial charge is 0.493 e. The number of methoxy groups -OCH3 is 2. The van der Waals surface area contributed by atoms with E-state index in [4.69, 9.17) is 9.47 Å². The summed E-state index contributed by atoms with van der Waals surface area (Å²) in [5.41, 5.74) is 1.84. The minimum atomic E-state index is -0.343. The molecular weight excluding hydrogens is 342 g/mol. The van der Waals surface area contributed by atoms with Gasteiger partial charge in [-0.2, -0.15) is 0 Å². The Bertz CT molecular complexity index is 967. The molecule has 0 spiro atoms. The Labute approximate surface area is 157 Å². The highest BCUT2D eigenvalue weighted by molar-refractivity contribution is 6.15. The SMILES string of the molecule is COc1ccc(C(=O)Nc2ccccc2C(=O)c2ccccc2)cc1OC. The topological polar surface area (TPSA) is 64.6 Å². The number of hydrogen-bond donors (Lipinski definition) is 1. The molecule has 0 aliphatic carbocycles. The average molecular weight is 361 g/mol. The van der Waals surface area contributed by atoms with E-state index in [-0.39, 0.29) is 11.7 Å². The van der Waals surface area contributed by atoms with Crippen LogP contribution in [-0.2, 0) is 0 Å². The molecule has 1 amide bonds. The van der Waals surface area contributed by atoms with Gasteiger partial charge in [-0.15, -0.1) is 0 Å². The number of hydrogen-bond acceptors (Lipinski definition) is 4. The zero-order chi connectivity index (χ0) is 19.2. The van der Waals surface area contributed by atoms with Gasteiger partial charge in [0, 0.05) is 16.7 Å². The first-order valence-corrected chi connectivity index (χ1v) is 8.36. The number of rotatable bonds is 6. The summed E-state index contributed by atoms with van der Waals surface area (Å²) < 4.78 is 10.4. The van der Waals surface area contributed by atoms with E-state index in [1.54, 1.807) is 66.7 Å². The van der Waals surface area contributed by atoms with E-state index >= 15 is 0 Å². The molecule has 0 radical (unpaired) electrons. The lowest BCUT2D eigenvalue weighted by Gasteiger charge is -2.12. The molecule has 0 aliphatic heterocycles. The summed E-state index contributed by atoms with van der Waals surface area (Å²) in [6.07, 6.45) is 0. The molecule has 0 fully saturated rings. The van der Waals surface area contributed by atoms with Gasteiger partial charge in [-0.25, -0.2) is 0 Å². The van der Waals surface area contributed by atoms with Crippen molar-refractivity contribution in [3.63, 3.8) is 0 Å². The Balaban J connectivity index is 1.88. The van der Waals surface area contributed by atoms with Crippen LogP contribution in [0.4, 0.5) is 5.69 Å². The van der Waals surface area contributed by atoms with E-state index in [0.29, 0.717) is 33.9 Å². The molecule has 3 aromatic carbocycles. The van der Waals surface area contributed by atoms with Crippen molar-refractivity contribution in [3.8, 4) is 11.5 Å². The molecule has 5 heteroatoms. The smallest absolute Gasteiger partial charge is 0.255 e. The highest BCUT2D eigenvalue weighted by Crippen LogP contribution is 2.28. The minimum absolute atomic E-state index is 0.154. The molecule has 1 N–H and O–H groups in total. The molecule has 0 saturated carbocycles. The maximum absolute atomic E-state index is 12.8. The molecule has 136 valence electrons. The minimum Gasteiger partial charge on any atom is -0.493 e. The molecule has 0 saturated heterocycles. The van der Waals surface area contributed by atoms with Gasteiger partial charge in [0.25, 0.3) is 5.91 Å². The monoisotopic (exact) mass is 361 g/mol. The maximum atomic E-state index is 12.8. The Morgan fingerprint density at radius 2 is 1.41 bits per heavy atom. The van der Waals surface area contributed by atoms with Gasteiger partial charge in [-0.1, -0.05) is 42.5 Å². The lowest BCUT2D eigenvalue weighted by Crippen LogP contribution is -2.15. The van der Waals surface area contributed by atoms with Crippen molar-refractivity contribution in [2.24, 2.45) is 0 Å². The van der Waals surface area contributed by atoms with Crippen molar-refractivity contribution in [3.05, 3.63) is 89.5 Å². The summed E-state index contributed by atoms with van der Waals surface area (Å²) in [6, 6.07) is 20.8. The van der Waals surface area contributed by atoms with Crippen LogP contribution in [0.1, 0.15) is 26.3 Å². The molecule has 27 heavy (non-hydrogen) atoms. The summed E-state index contributed by atoms with van der Waals surface area (Å²) in [5, 5.41) is 2.81. The molecule has 0 unspecified atom stereocenters. The summed E-state index contributed by atoms with van der Waals surface area (Å²) in [5.74, 6) is 0.496. The normalized spacial score (nSPS) is 10.1. The van der Waals surface area contributed by atoms with Crippen LogP contribution in [0, 0.1) is 0 Å². The van der Waals surface area contributed by atoms with Crippen LogP contribution >= 0.6 is 0 Å². The number of nitrogens with one attached hydrogen (secondary N) is 1. The summed E-state index contributed by atoms with van der Waals surface area (Å²) in [4.78, 5) is 25.5. The van der Waals surface area contributed by atoms with Gasteiger partial charge in [0.1, 0.15) is 0 Å². The molecule has 0 atom stereocenters. The third-order valence-corrected chi connectivity index (χ3v) is 4.10. The molecule has 0 aliphatic rings. The second-order valence-corrected chi connectivity index (χ2v) is 5.76. The number of ether oxygens (including phenoxy) is 2. The van der Waals surface area contributed by atoms with Gasteiger partial charge in [0.2, 0.25) is 0 Å². The number of amides is 1. The number of para-hydroxylation sites is 1. The molecule has 3 aromatic rings. The Morgan fingerprint density at radius 1 is 0.741 bits per heavy atom. The fourth-order valence-electron chi connectivity index (χ4n) is 2.71. The second kappa shape index (κ2) is 8.19. The molecule has 0 aromatic heterocycles. The molecule has 3 rings (SSSR count). The van der Waals surface area contributed by atoms with Gasteiger partial charge < -0.3 is 14.8 Å². The highest BCUT2D eigenvalue weighted by atomic mass is 16.5. The number of ketones is 1. The van der Waals surface area contributed by atoms with Crippen LogP contribution in [0.25, 0.3) is 0 Å². The fraction of sp³-hybridized carbons (Fsp3) is 0.0909. The Hall–Kier alpha value is -3.60. The Morgan fingerprint density at radius 3 is 2.11 bits per heavy atom. The quantitative estimate of drug-likeness (QED) is 0.669. The number of benzene rings is 3. The van der Waals surface area contributed by atoms with Crippen molar-refractivity contribution >= 4 is 17.4 Å². The molecular formula is C22H19NO4. The zero-order valence-corrected chi connectivity index (χ0v) is 15.1. The zero-order valence-electron chi connectivity index (χ0n) is 15.1. The van der Waals surface area contributed by atoms with E-state index in [1.165, 1.54) is 14.2 Å². The number of anilines is 1. The highest BCUT2D eigenvalue weighted by Gasteiger charge is 2.16. The summed E-state index contributed by atoms with van der Waals surface area (Å²) in [6.45, 7) is 0. The lowest BCUT2D eigenvalue weighted by atomic mass is 10.0. The van der Waals surface area contributed by atoms with E-state index in [2.05, 4.69) is 5.32 Å². The molecule has 5 nitrogen and oxygen atoms in total. The van der Waals surface area contributed by atoms with Gasteiger partial charge in [0.05, 0.1) is 19.9 Å². The predicted octanol–water partition coefficient (Wildman–Crippen LogP) is 4.19. The van der Waals surface area contributed by atoms with Crippen LogP contribution in [0.3, 0.4) is 0 Å². The Kier molecular flexibility index (Phi) is 5.52. The summed E-state index contributed by atoms with van der Waals surface area (Å²) in [7, 11) is 3.04. The summed E-state index contributed by atoms with van der Waals surface area (Å²) >= 11 is 0. The van der Waals surface area contributed by atoms with Crippen molar-refractivity contribution in [1.29, 1.82) is 0 Å². The first kappa shape index (κ1) is 18.2. The first-order chi connectivity index (χ1) is 13.1. The van der Waals surface area contributed by atoms with Crippen molar-refractivity contribution < 1.29 is 19.1 Å².